The lowest BCUT2D eigenvalue weighted by Crippen LogP contribution is -3.20. The van der Waals surface area contributed by atoms with E-state index >= 15 is 0 Å². The van der Waals surface area contributed by atoms with Crippen LogP contribution in [-0.2, 0) is 16.8 Å². The van der Waals surface area contributed by atoms with Gasteiger partial charge in [-0.05, 0) is 16.9 Å². The molecule has 5 rings (SSSR count). The molecule has 3 fully saturated rings. The number of amides is 1. The molecule has 29 heavy (non-hydrogen) atoms. The number of quaternary nitrogens is 1. The number of piperidine rings is 3. The number of aromatic nitrogens is 3. The van der Waals surface area contributed by atoms with Crippen molar-refractivity contribution in [2.75, 3.05) is 27.2 Å². The third kappa shape index (κ3) is 4.08. The summed E-state index contributed by atoms with van der Waals surface area (Å²) in [5, 5.41) is 8.82. The third-order valence-electron chi connectivity index (χ3n) is 6.80. The summed E-state index contributed by atoms with van der Waals surface area (Å²) in [6.07, 6.45) is 4.34. The first-order valence-electron chi connectivity index (χ1n) is 10.8. The molecule has 3 aliphatic rings. The van der Waals surface area contributed by atoms with E-state index in [0.717, 1.165) is 30.8 Å². The summed E-state index contributed by atoms with van der Waals surface area (Å²) < 4.78 is 1.99. The smallest absolute Gasteiger partial charge is 0.231 e. The minimum absolute atomic E-state index is 0.152. The highest BCUT2D eigenvalue weighted by molar-refractivity contribution is 5.78. The molecule has 1 unspecified atom stereocenters. The van der Waals surface area contributed by atoms with E-state index in [1.807, 2.05) is 18.8 Å². The monoisotopic (exact) mass is 396 g/mol. The van der Waals surface area contributed by atoms with Gasteiger partial charge in [0.2, 0.25) is 5.91 Å². The van der Waals surface area contributed by atoms with Crippen molar-refractivity contribution in [3.63, 3.8) is 0 Å². The predicted octanol–water partition coefficient (Wildman–Crippen LogP) is 1.62. The van der Waals surface area contributed by atoms with Crippen LogP contribution in [0.3, 0.4) is 0 Å². The van der Waals surface area contributed by atoms with Crippen LogP contribution in [0.5, 0.6) is 0 Å². The average molecular weight is 397 g/mol. The summed E-state index contributed by atoms with van der Waals surface area (Å²) in [6, 6.07) is 9.18. The molecule has 0 radical (unpaired) electrons. The number of benzene rings is 1. The minimum Gasteiger partial charge on any atom is -0.348 e. The normalized spacial score (nSPS) is 26.5. The van der Waals surface area contributed by atoms with Gasteiger partial charge in [-0.2, -0.15) is 0 Å². The molecule has 0 saturated carbocycles. The van der Waals surface area contributed by atoms with E-state index in [2.05, 4.69) is 61.5 Å². The number of rotatable bonds is 4. The average Bonchev–Trinajstić information content (AvgIpc) is 3.15. The van der Waals surface area contributed by atoms with E-state index in [4.69, 9.17) is 0 Å². The fraction of sp³-hybridized carbons (Fsp3) is 0.609. The highest BCUT2D eigenvalue weighted by Gasteiger charge is 2.47. The van der Waals surface area contributed by atoms with Crippen molar-refractivity contribution in [3.8, 4) is 11.3 Å². The zero-order chi connectivity index (χ0) is 20.8. The van der Waals surface area contributed by atoms with Crippen LogP contribution >= 0.6 is 0 Å². The van der Waals surface area contributed by atoms with Crippen molar-refractivity contribution in [2.45, 2.75) is 51.6 Å². The second-order valence-corrected chi connectivity index (χ2v) is 10.1. The maximum atomic E-state index is 12.5. The maximum Gasteiger partial charge on any atom is 0.231 e. The van der Waals surface area contributed by atoms with Crippen LogP contribution in [-0.4, -0.2) is 59.0 Å². The Hall–Kier alpha value is -2.21. The summed E-state index contributed by atoms with van der Waals surface area (Å²) >= 11 is 0. The molecule has 6 heteroatoms. The Morgan fingerprint density at radius 1 is 1.24 bits per heavy atom. The lowest BCUT2D eigenvalue weighted by molar-refractivity contribution is -0.945. The zero-order valence-electron chi connectivity index (χ0n) is 18.4. The van der Waals surface area contributed by atoms with Crippen LogP contribution in [0.4, 0.5) is 0 Å². The van der Waals surface area contributed by atoms with Crippen LogP contribution < -0.4 is 4.90 Å². The molecule has 4 heterocycles. The van der Waals surface area contributed by atoms with Gasteiger partial charge in [-0.3, -0.25) is 4.79 Å². The Balaban J connectivity index is 1.42. The largest absolute Gasteiger partial charge is 0.348 e. The summed E-state index contributed by atoms with van der Waals surface area (Å²) in [4.78, 5) is 15.8. The molecular weight excluding hydrogens is 362 g/mol. The van der Waals surface area contributed by atoms with Gasteiger partial charge in [0.15, 0.2) is 0 Å². The Morgan fingerprint density at radius 2 is 1.97 bits per heavy atom. The van der Waals surface area contributed by atoms with Gasteiger partial charge in [-0.15, -0.1) is 5.10 Å². The molecule has 2 aromatic rings. The summed E-state index contributed by atoms with van der Waals surface area (Å²) in [6.45, 7) is 9.69. The topological polar surface area (TPSA) is 55.5 Å². The molecule has 2 bridgehead atoms. The molecule has 3 saturated heterocycles. The Labute approximate surface area is 173 Å². The number of carbonyl (C=O) groups is 1. The molecule has 1 amide bonds. The van der Waals surface area contributed by atoms with Gasteiger partial charge in [-0.25, -0.2) is 4.68 Å². The van der Waals surface area contributed by atoms with E-state index in [1.165, 1.54) is 18.5 Å². The molecule has 0 spiro atoms. The predicted molar refractivity (Wildman–Crippen MR) is 114 cm³/mol. The first kappa shape index (κ1) is 20.1. The quantitative estimate of drug-likeness (QED) is 0.855. The van der Waals surface area contributed by atoms with E-state index in [1.54, 1.807) is 9.80 Å². The van der Waals surface area contributed by atoms with Crippen LogP contribution in [0.2, 0.25) is 0 Å². The van der Waals surface area contributed by atoms with E-state index < -0.39 is 0 Å². The Bertz CT molecular complexity index is 864. The summed E-state index contributed by atoms with van der Waals surface area (Å²) in [5.41, 5.74) is 3.51. The number of nitrogens with one attached hydrogen (secondary N) is 1. The second-order valence-electron chi connectivity index (χ2n) is 10.1. The van der Waals surface area contributed by atoms with E-state index in [9.17, 15) is 4.79 Å². The first-order chi connectivity index (χ1) is 13.7. The van der Waals surface area contributed by atoms with Gasteiger partial charge in [0.1, 0.15) is 11.7 Å². The standard InChI is InChI=1S/C23H33N5O/c1-23(2,3)18-8-6-16(7-9-18)21-15-28(25-24-21)13-19-12-17-10-11-27(19)14-20(17)22(29)26(4)5/h6-9,15,17,19-20H,10-14H2,1-5H3/p+1/t17-,19-,20+/m1/s1. The highest BCUT2D eigenvalue weighted by atomic mass is 16.2. The molecule has 3 aliphatic heterocycles. The number of hydrogen-bond donors (Lipinski definition) is 1. The molecule has 6 nitrogen and oxygen atoms in total. The van der Waals surface area contributed by atoms with Crippen LogP contribution in [0, 0.1) is 11.8 Å². The molecule has 1 aromatic heterocycles. The lowest BCUT2D eigenvalue weighted by atomic mass is 9.75. The SMILES string of the molecule is CN(C)C(=O)[C@H]1C[NH+]2CC[C@@H]1C[C@@H]2Cn1cc(-c2ccc(C(C)(C)C)cc2)nn1. The molecule has 1 N–H and O–H groups in total. The Kier molecular flexibility index (Phi) is 5.23. The number of hydrogen-bond acceptors (Lipinski definition) is 3. The van der Waals surface area contributed by atoms with Crippen molar-refractivity contribution < 1.29 is 9.69 Å². The molecule has 156 valence electrons. The van der Waals surface area contributed by atoms with Gasteiger partial charge in [-0.1, -0.05) is 50.3 Å². The van der Waals surface area contributed by atoms with Gasteiger partial charge in [0.05, 0.1) is 31.7 Å². The summed E-state index contributed by atoms with van der Waals surface area (Å²) in [5.74, 6) is 1.00. The minimum atomic E-state index is 0.152. The van der Waals surface area contributed by atoms with Gasteiger partial charge < -0.3 is 9.80 Å². The highest BCUT2D eigenvalue weighted by Crippen LogP contribution is 2.29. The van der Waals surface area contributed by atoms with Crippen molar-refractivity contribution >= 4 is 5.91 Å². The van der Waals surface area contributed by atoms with Crippen molar-refractivity contribution in [2.24, 2.45) is 11.8 Å². The third-order valence-corrected chi connectivity index (χ3v) is 6.80. The van der Waals surface area contributed by atoms with Gasteiger partial charge in [0.25, 0.3) is 0 Å². The number of carbonyl (C=O) groups excluding carboxylic acids is 1. The molecule has 1 aromatic carbocycles. The van der Waals surface area contributed by atoms with Crippen molar-refractivity contribution in [1.29, 1.82) is 0 Å². The van der Waals surface area contributed by atoms with E-state index in [-0.39, 0.29) is 11.3 Å². The summed E-state index contributed by atoms with van der Waals surface area (Å²) in [7, 11) is 3.75. The lowest BCUT2D eigenvalue weighted by Gasteiger charge is -2.46. The fourth-order valence-corrected chi connectivity index (χ4v) is 5.02. The van der Waals surface area contributed by atoms with Crippen molar-refractivity contribution in [1.82, 2.24) is 19.9 Å². The zero-order valence-corrected chi connectivity index (χ0v) is 18.4. The maximum absolute atomic E-state index is 12.5. The molecular formula is C23H34N5O+. The molecule has 0 aliphatic carbocycles. The van der Waals surface area contributed by atoms with Crippen LogP contribution in [0.15, 0.2) is 30.5 Å². The fourth-order valence-electron chi connectivity index (χ4n) is 5.02. The van der Waals surface area contributed by atoms with Gasteiger partial charge in [0, 0.05) is 32.5 Å². The number of nitrogens with zero attached hydrogens (tertiary/aromatic N) is 4. The van der Waals surface area contributed by atoms with Crippen molar-refractivity contribution in [3.05, 3.63) is 36.0 Å². The van der Waals surface area contributed by atoms with E-state index in [0.29, 0.717) is 17.9 Å². The van der Waals surface area contributed by atoms with Gasteiger partial charge >= 0.3 is 0 Å². The molecule has 4 atom stereocenters. The first-order valence-corrected chi connectivity index (χ1v) is 10.8. The van der Waals surface area contributed by atoms with Crippen LogP contribution in [0.1, 0.15) is 39.2 Å². The number of fused-ring (bicyclic) bond motifs is 3. The second kappa shape index (κ2) is 7.56. The Morgan fingerprint density at radius 3 is 2.55 bits per heavy atom. The van der Waals surface area contributed by atoms with Crippen LogP contribution in [0.25, 0.3) is 11.3 Å².